The number of oxazole rings is 1. The Labute approximate surface area is 161 Å². The number of carbonyl (C=O) groups excluding carboxylic acids is 1. The molecule has 0 radical (unpaired) electrons. The molecule has 0 atom stereocenters. The van der Waals surface area contributed by atoms with E-state index in [0.29, 0.717) is 34.2 Å². The molecular weight excluding hydrogens is 356 g/mol. The van der Waals surface area contributed by atoms with Gasteiger partial charge in [-0.3, -0.25) is 4.79 Å². The maximum absolute atomic E-state index is 12.2. The lowest BCUT2D eigenvalue weighted by atomic mass is 10.1. The van der Waals surface area contributed by atoms with Crippen LogP contribution in [0.15, 0.2) is 69.7 Å². The van der Waals surface area contributed by atoms with Crippen LogP contribution in [-0.2, 0) is 4.79 Å². The molecule has 2 aromatic heterocycles. The number of fused-ring (bicyclic) bond motifs is 1. The maximum atomic E-state index is 12.2. The van der Waals surface area contributed by atoms with Gasteiger partial charge in [-0.05, 0) is 55.0 Å². The number of hydrogen-bond acceptors (Lipinski definition) is 5. The highest BCUT2D eigenvalue weighted by molar-refractivity contribution is 6.02. The van der Waals surface area contributed by atoms with Crippen molar-refractivity contribution in [3.63, 3.8) is 0 Å². The van der Waals surface area contributed by atoms with E-state index in [9.17, 15) is 4.79 Å². The zero-order valence-corrected chi connectivity index (χ0v) is 15.4. The molecule has 6 nitrogen and oxygen atoms in total. The Morgan fingerprint density at radius 3 is 2.86 bits per heavy atom. The maximum Gasteiger partial charge on any atom is 0.248 e. The number of nitrogens with zero attached hydrogens (tertiary/aromatic N) is 1. The Balaban J connectivity index is 1.59. The van der Waals surface area contributed by atoms with Crippen molar-refractivity contribution in [1.82, 2.24) is 4.98 Å². The van der Waals surface area contributed by atoms with Crippen LogP contribution in [0.4, 0.5) is 5.69 Å². The number of anilines is 1. The van der Waals surface area contributed by atoms with Crippen LogP contribution in [0.5, 0.6) is 5.75 Å². The molecule has 0 fully saturated rings. The van der Waals surface area contributed by atoms with Gasteiger partial charge < -0.3 is 18.9 Å². The number of benzene rings is 2. The predicted molar refractivity (Wildman–Crippen MR) is 107 cm³/mol. The molecule has 6 heteroatoms. The smallest absolute Gasteiger partial charge is 0.248 e. The highest BCUT2D eigenvalue weighted by Crippen LogP contribution is 2.29. The first kappa shape index (κ1) is 17.6. The van der Waals surface area contributed by atoms with Crippen LogP contribution in [-0.4, -0.2) is 18.0 Å². The van der Waals surface area contributed by atoms with Crippen molar-refractivity contribution in [3.8, 4) is 17.2 Å². The molecule has 0 saturated heterocycles. The highest BCUT2D eigenvalue weighted by atomic mass is 16.5. The molecule has 0 spiro atoms. The van der Waals surface area contributed by atoms with E-state index in [-0.39, 0.29) is 5.91 Å². The van der Waals surface area contributed by atoms with Crippen LogP contribution in [0.1, 0.15) is 11.3 Å². The summed E-state index contributed by atoms with van der Waals surface area (Å²) < 4.78 is 16.3. The van der Waals surface area contributed by atoms with Crippen molar-refractivity contribution in [2.75, 3.05) is 12.4 Å². The van der Waals surface area contributed by atoms with Crippen molar-refractivity contribution >= 4 is 28.8 Å². The summed E-state index contributed by atoms with van der Waals surface area (Å²) in [6.07, 6.45) is 4.60. The van der Waals surface area contributed by atoms with Gasteiger partial charge in [-0.15, -0.1) is 0 Å². The number of aromatic nitrogens is 1. The van der Waals surface area contributed by atoms with Crippen LogP contribution in [0, 0.1) is 6.92 Å². The van der Waals surface area contributed by atoms with Crippen molar-refractivity contribution in [1.29, 1.82) is 0 Å². The van der Waals surface area contributed by atoms with Crippen LogP contribution in [0.2, 0.25) is 0 Å². The largest absolute Gasteiger partial charge is 0.497 e. The monoisotopic (exact) mass is 374 g/mol. The fraction of sp³-hybridized carbons (Fsp3) is 0.0909. The summed E-state index contributed by atoms with van der Waals surface area (Å²) in [5, 5.41) is 2.88. The van der Waals surface area contributed by atoms with Crippen LogP contribution < -0.4 is 10.1 Å². The molecular formula is C22H18N2O4. The molecule has 0 aliphatic carbocycles. The number of nitrogens with one attached hydrogen (secondary N) is 1. The van der Waals surface area contributed by atoms with Gasteiger partial charge in [-0.1, -0.05) is 6.07 Å². The van der Waals surface area contributed by atoms with Crippen molar-refractivity contribution in [3.05, 3.63) is 72.2 Å². The van der Waals surface area contributed by atoms with Gasteiger partial charge in [0.15, 0.2) is 5.58 Å². The van der Waals surface area contributed by atoms with Crippen molar-refractivity contribution < 1.29 is 18.4 Å². The summed E-state index contributed by atoms with van der Waals surface area (Å²) in [6.45, 7) is 1.92. The number of rotatable bonds is 5. The number of ether oxygens (including phenoxy) is 1. The van der Waals surface area contributed by atoms with E-state index in [1.165, 1.54) is 6.08 Å². The van der Waals surface area contributed by atoms with E-state index in [2.05, 4.69) is 10.3 Å². The van der Waals surface area contributed by atoms with E-state index in [1.807, 2.05) is 43.3 Å². The topological polar surface area (TPSA) is 77.5 Å². The van der Waals surface area contributed by atoms with Gasteiger partial charge in [0.05, 0.1) is 13.4 Å². The Bertz CT molecular complexity index is 1160. The second-order valence-electron chi connectivity index (χ2n) is 6.22. The van der Waals surface area contributed by atoms with Crippen LogP contribution in [0.25, 0.3) is 28.6 Å². The van der Waals surface area contributed by atoms with E-state index in [4.69, 9.17) is 13.6 Å². The minimum absolute atomic E-state index is 0.251. The molecule has 1 N–H and O–H groups in total. The quantitative estimate of drug-likeness (QED) is 0.494. The first-order chi connectivity index (χ1) is 13.6. The summed E-state index contributed by atoms with van der Waals surface area (Å²) in [7, 11) is 1.61. The van der Waals surface area contributed by atoms with E-state index >= 15 is 0 Å². The highest BCUT2D eigenvalue weighted by Gasteiger charge is 2.11. The number of aryl methyl sites for hydroxylation is 1. The lowest BCUT2D eigenvalue weighted by Crippen LogP contribution is -2.09. The molecule has 2 aromatic carbocycles. The molecule has 4 rings (SSSR count). The lowest BCUT2D eigenvalue weighted by Gasteiger charge is -2.07. The minimum atomic E-state index is -0.251. The number of hydrogen-bond donors (Lipinski definition) is 1. The Morgan fingerprint density at radius 1 is 1.18 bits per heavy atom. The zero-order valence-electron chi connectivity index (χ0n) is 15.4. The SMILES string of the molecule is COc1ccc2oc(-c3ccc(C)c(NC(=O)C=Cc4ccco4)c3)nc2c1. The molecule has 28 heavy (non-hydrogen) atoms. The van der Waals surface area contributed by atoms with Gasteiger partial charge in [0.25, 0.3) is 0 Å². The molecule has 0 saturated carbocycles. The molecule has 2 heterocycles. The van der Waals surface area contributed by atoms with Crippen molar-refractivity contribution in [2.45, 2.75) is 6.92 Å². The second-order valence-corrected chi connectivity index (χ2v) is 6.22. The van der Waals surface area contributed by atoms with Gasteiger partial charge in [0.1, 0.15) is 17.0 Å². The molecule has 0 bridgehead atoms. The summed E-state index contributed by atoms with van der Waals surface area (Å²) in [6, 6.07) is 14.7. The summed E-state index contributed by atoms with van der Waals surface area (Å²) >= 11 is 0. The molecule has 0 unspecified atom stereocenters. The third kappa shape index (κ3) is 3.66. The van der Waals surface area contributed by atoms with Gasteiger partial charge in [-0.25, -0.2) is 4.98 Å². The molecule has 140 valence electrons. The third-order valence-electron chi connectivity index (χ3n) is 4.28. The molecule has 1 amide bonds. The van der Waals surface area contributed by atoms with Crippen molar-refractivity contribution in [2.24, 2.45) is 0 Å². The van der Waals surface area contributed by atoms with Crippen LogP contribution in [0.3, 0.4) is 0 Å². The first-order valence-electron chi connectivity index (χ1n) is 8.70. The van der Waals surface area contributed by atoms with Gasteiger partial charge in [0.2, 0.25) is 11.8 Å². The summed E-state index contributed by atoms with van der Waals surface area (Å²) in [5.74, 6) is 1.55. The third-order valence-corrected chi connectivity index (χ3v) is 4.28. The number of amides is 1. The van der Waals surface area contributed by atoms with E-state index < -0.39 is 0 Å². The number of furan rings is 1. The van der Waals surface area contributed by atoms with Gasteiger partial charge in [0, 0.05) is 23.4 Å². The Hall–Kier alpha value is -3.80. The summed E-state index contributed by atoms with van der Waals surface area (Å²) in [4.78, 5) is 16.8. The first-order valence-corrected chi connectivity index (χ1v) is 8.70. The fourth-order valence-electron chi connectivity index (χ4n) is 2.77. The average molecular weight is 374 g/mol. The second kappa shape index (κ2) is 7.44. The lowest BCUT2D eigenvalue weighted by molar-refractivity contribution is -0.111. The molecule has 4 aromatic rings. The fourth-order valence-corrected chi connectivity index (χ4v) is 2.77. The molecule has 0 aliphatic heterocycles. The normalized spacial score (nSPS) is 11.2. The minimum Gasteiger partial charge on any atom is -0.497 e. The van der Waals surface area contributed by atoms with Gasteiger partial charge >= 0.3 is 0 Å². The Kier molecular flexibility index (Phi) is 4.68. The standard InChI is InChI=1S/C22H18N2O4/c1-14-5-6-15(22-24-19-13-17(26-2)7-9-20(19)28-22)12-18(14)23-21(25)10-8-16-4-3-11-27-16/h3-13H,1-2H3,(H,23,25). The average Bonchev–Trinajstić information content (AvgIpc) is 3.37. The number of carbonyl (C=O) groups is 1. The van der Waals surface area contributed by atoms with Crippen LogP contribution >= 0.6 is 0 Å². The van der Waals surface area contributed by atoms with E-state index in [1.54, 1.807) is 31.6 Å². The molecule has 0 aliphatic rings. The number of methoxy groups -OCH3 is 1. The van der Waals surface area contributed by atoms with E-state index in [0.717, 1.165) is 11.1 Å². The predicted octanol–water partition coefficient (Wildman–Crippen LogP) is 5.06. The zero-order chi connectivity index (χ0) is 19.5. The van der Waals surface area contributed by atoms with Gasteiger partial charge in [-0.2, -0.15) is 0 Å². The Morgan fingerprint density at radius 2 is 2.07 bits per heavy atom. The summed E-state index contributed by atoms with van der Waals surface area (Å²) in [5.41, 5.74) is 3.77.